The Kier molecular flexibility index (Phi) is 4.90. The molecule has 2 N–H and O–H groups in total. The van der Waals surface area contributed by atoms with Crippen LogP contribution in [0.15, 0.2) is 41.0 Å². The van der Waals surface area contributed by atoms with Crippen molar-refractivity contribution in [2.24, 2.45) is 0 Å². The molecule has 0 aliphatic carbocycles. The van der Waals surface area contributed by atoms with Gasteiger partial charge in [-0.1, -0.05) is 12.1 Å². The van der Waals surface area contributed by atoms with E-state index in [1.165, 1.54) is 0 Å². The fourth-order valence-electron chi connectivity index (χ4n) is 1.81. The average molecular weight is 345 g/mol. The van der Waals surface area contributed by atoms with Crippen LogP contribution >= 0.6 is 15.9 Å². The van der Waals surface area contributed by atoms with Gasteiger partial charge in [0.2, 0.25) is 0 Å². The van der Waals surface area contributed by atoms with Crippen molar-refractivity contribution in [3.63, 3.8) is 0 Å². The second-order valence-electron chi connectivity index (χ2n) is 4.29. The molecule has 0 atom stereocenters. The van der Waals surface area contributed by atoms with Crippen LogP contribution in [0.4, 0.5) is 11.5 Å². The number of halogens is 1. The summed E-state index contributed by atoms with van der Waals surface area (Å²) < 4.78 is 0.732. The Hall–Kier alpha value is -2.39. The maximum atomic E-state index is 12.3. The van der Waals surface area contributed by atoms with Crippen LogP contribution in [0.2, 0.25) is 0 Å². The lowest BCUT2D eigenvalue weighted by Gasteiger charge is -2.09. The van der Waals surface area contributed by atoms with Crippen LogP contribution in [0, 0.1) is 11.3 Å². The number of hydrogen-bond acceptors (Lipinski definition) is 4. The maximum absolute atomic E-state index is 12.3. The highest BCUT2D eigenvalue weighted by atomic mass is 79.9. The van der Waals surface area contributed by atoms with E-state index in [0.717, 1.165) is 10.0 Å². The third kappa shape index (κ3) is 3.80. The number of nitriles is 1. The van der Waals surface area contributed by atoms with E-state index in [1.54, 1.807) is 31.4 Å². The first-order valence-corrected chi connectivity index (χ1v) is 7.04. The van der Waals surface area contributed by atoms with Gasteiger partial charge in [-0.2, -0.15) is 5.26 Å². The predicted octanol–water partition coefficient (Wildman–Crippen LogP) is 3.20. The summed E-state index contributed by atoms with van der Waals surface area (Å²) in [6.45, 7) is 0. The number of nitrogens with zero attached hydrogens (tertiary/aromatic N) is 2. The number of carbonyl (C=O) groups is 1. The molecule has 21 heavy (non-hydrogen) atoms. The fourth-order valence-corrected chi connectivity index (χ4v) is 2.14. The van der Waals surface area contributed by atoms with Crippen LogP contribution in [-0.4, -0.2) is 17.9 Å². The summed E-state index contributed by atoms with van der Waals surface area (Å²) in [5, 5.41) is 14.3. The molecule has 5 nitrogen and oxygen atoms in total. The summed E-state index contributed by atoms with van der Waals surface area (Å²) in [6.07, 6.45) is 1.98. The molecule has 0 unspecified atom stereocenters. The number of amides is 1. The predicted molar refractivity (Wildman–Crippen MR) is 85.2 cm³/mol. The number of benzene rings is 1. The van der Waals surface area contributed by atoms with Gasteiger partial charge in [-0.3, -0.25) is 4.79 Å². The van der Waals surface area contributed by atoms with Gasteiger partial charge in [-0.05, 0) is 39.7 Å². The van der Waals surface area contributed by atoms with Gasteiger partial charge >= 0.3 is 0 Å². The van der Waals surface area contributed by atoms with Crippen LogP contribution < -0.4 is 10.6 Å². The summed E-state index contributed by atoms with van der Waals surface area (Å²) in [7, 11) is 1.71. The molecule has 2 rings (SSSR count). The van der Waals surface area contributed by atoms with Crippen LogP contribution in [0.25, 0.3) is 0 Å². The molecule has 0 saturated heterocycles. The van der Waals surface area contributed by atoms with Crippen LogP contribution in [0.5, 0.6) is 0 Å². The molecule has 0 aliphatic heterocycles. The van der Waals surface area contributed by atoms with Crippen molar-refractivity contribution in [3.8, 4) is 6.07 Å². The van der Waals surface area contributed by atoms with E-state index in [9.17, 15) is 4.79 Å². The van der Waals surface area contributed by atoms with E-state index in [1.807, 2.05) is 12.1 Å². The SMILES string of the molecule is CNc1ncc(Br)cc1C(=O)Nc1ccc(CC#N)cc1. The van der Waals surface area contributed by atoms with Crippen molar-refractivity contribution in [1.82, 2.24) is 4.98 Å². The number of hydrogen-bond donors (Lipinski definition) is 2. The molecule has 2 aromatic rings. The largest absolute Gasteiger partial charge is 0.372 e. The van der Waals surface area contributed by atoms with Gasteiger partial charge in [0.15, 0.2) is 0 Å². The molecular weight excluding hydrogens is 332 g/mol. The highest BCUT2D eigenvalue weighted by Gasteiger charge is 2.13. The minimum Gasteiger partial charge on any atom is -0.372 e. The summed E-state index contributed by atoms with van der Waals surface area (Å²) >= 11 is 3.31. The molecule has 1 heterocycles. The summed E-state index contributed by atoms with van der Waals surface area (Å²) in [5.41, 5.74) is 2.03. The van der Waals surface area contributed by atoms with E-state index >= 15 is 0 Å². The third-order valence-corrected chi connectivity index (χ3v) is 3.26. The minimum atomic E-state index is -0.249. The maximum Gasteiger partial charge on any atom is 0.259 e. The van der Waals surface area contributed by atoms with Gasteiger partial charge in [-0.25, -0.2) is 4.98 Å². The molecule has 0 aliphatic rings. The zero-order valence-corrected chi connectivity index (χ0v) is 12.9. The normalized spacial score (nSPS) is 9.76. The van der Waals surface area contributed by atoms with Crippen molar-refractivity contribution in [2.75, 3.05) is 17.7 Å². The number of pyridine rings is 1. The molecule has 0 spiro atoms. The molecular formula is C15H13BrN4O. The molecule has 0 radical (unpaired) electrons. The second kappa shape index (κ2) is 6.86. The number of nitrogens with one attached hydrogen (secondary N) is 2. The summed E-state index contributed by atoms with van der Waals surface area (Å²) in [5.74, 6) is 0.262. The zero-order valence-electron chi connectivity index (χ0n) is 11.4. The van der Waals surface area contributed by atoms with Gasteiger partial charge in [0.1, 0.15) is 5.82 Å². The van der Waals surface area contributed by atoms with Crippen LogP contribution in [0.3, 0.4) is 0 Å². The van der Waals surface area contributed by atoms with Gasteiger partial charge in [0, 0.05) is 23.4 Å². The second-order valence-corrected chi connectivity index (χ2v) is 5.20. The highest BCUT2D eigenvalue weighted by Crippen LogP contribution is 2.19. The lowest BCUT2D eigenvalue weighted by molar-refractivity contribution is 0.102. The van der Waals surface area contributed by atoms with Crippen molar-refractivity contribution >= 4 is 33.3 Å². The van der Waals surface area contributed by atoms with Crippen molar-refractivity contribution in [2.45, 2.75) is 6.42 Å². The van der Waals surface area contributed by atoms with Crippen molar-refractivity contribution in [3.05, 3.63) is 52.1 Å². The molecule has 106 valence electrons. The lowest BCUT2D eigenvalue weighted by atomic mass is 10.1. The molecule has 1 amide bonds. The summed E-state index contributed by atoms with van der Waals surface area (Å²) in [6, 6.07) is 11.0. The minimum absolute atomic E-state index is 0.249. The van der Waals surface area contributed by atoms with E-state index < -0.39 is 0 Å². The number of rotatable bonds is 4. The van der Waals surface area contributed by atoms with Gasteiger partial charge in [-0.15, -0.1) is 0 Å². The van der Waals surface area contributed by atoms with E-state index in [2.05, 4.69) is 37.6 Å². The van der Waals surface area contributed by atoms with E-state index in [-0.39, 0.29) is 5.91 Å². The first-order valence-electron chi connectivity index (χ1n) is 6.24. The Bertz CT molecular complexity index is 692. The van der Waals surface area contributed by atoms with Crippen LogP contribution in [0.1, 0.15) is 15.9 Å². The topological polar surface area (TPSA) is 77.8 Å². The molecule has 0 fully saturated rings. The quantitative estimate of drug-likeness (QED) is 0.892. The average Bonchev–Trinajstić information content (AvgIpc) is 2.49. The lowest BCUT2D eigenvalue weighted by Crippen LogP contribution is -2.14. The molecule has 1 aromatic heterocycles. The first kappa shape index (κ1) is 15.0. The van der Waals surface area contributed by atoms with E-state index in [4.69, 9.17) is 5.26 Å². The Morgan fingerprint density at radius 2 is 2.10 bits per heavy atom. The summed E-state index contributed by atoms with van der Waals surface area (Å²) in [4.78, 5) is 16.4. The number of anilines is 2. The third-order valence-electron chi connectivity index (χ3n) is 2.83. The van der Waals surface area contributed by atoms with Gasteiger partial charge < -0.3 is 10.6 Å². The first-order chi connectivity index (χ1) is 10.1. The Labute approximate surface area is 131 Å². The van der Waals surface area contributed by atoms with Gasteiger partial charge in [0.25, 0.3) is 5.91 Å². The Morgan fingerprint density at radius 3 is 2.71 bits per heavy atom. The zero-order chi connectivity index (χ0) is 15.2. The molecule has 0 saturated carbocycles. The van der Waals surface area contributed by atoms with E-state index in [0.29, 0.717) is 23.5 Å². The standard InChI is InChI=1S/C15H13BrN4O/c1-18-14-13(8-11(16)9-19-14)15(21)20-12-4-2-10(3-5-12)6-7-17/h2-5,8-9H,6H2,1H3,(H,18,19)(H,20,21). The van der Waals surface area contributed by atoms with Gasteiger partial charge in [0.05, 0.1) is 18.1 Å². The molecule has 0 bridgehead atoms. The van der Waals surface area contributed by atoms with Crippen LogP contribution in [-0.2, 0) is 6.42 Å². The fraction of sp³-hybridized carbons (Fsp3) is 0.133. The highest BCUT2D eigenvalue weighted by molar-refractivity contribution is 9.10. The Morgan fingerprint density at radius 1 is 1.38 bits per heavy atom. The number of carbonyl (C=O) groups excluding carboxylic acids is 1. The number of aromatic nitrogens is 1. The molecule has 1 aromatic carbocycles. The molecule has 6 heteroatoms. The van der Waals surface area contributed by atoms with Crippen molar-refractivity contribution in [1.29, 1.82) is 5.26 Å². The monoisotopic (exact) mass is 344 g/mol. The van der Waals surface area contributed by atoms with Crippen molar-refractivity contribution < 1.29 is 4.79 Å². The smallest absolute Gasteiger partial charge is 0.259 e. The Balaban J connectivity index is 2.18.